The quantitative estimate of drug-likeness (QED) is 0.871. The second-order valence-corrected chi connectivity index (χ2v) is 6.85. The maximum absolute atomic E-state index is 12.0. The van der Waals surface area contributed by atoms with Gasteiger partial charge >= 0.3 is 6.09 Å². The van der Waals surface area contributed by atoms with E-state index in [0.29, 0.717) is 13.1 Å². The molecule has 1 aliphatic rings. The first-order valence-electron chi connectivity index (χ1n) is 7.61. The third-order valence-corrected chi connectivity index (χ3v) is 4.68. The molecule has 0 fully saturated rings. The van der Waals surface area contributed by atoms with Crippen LogP contribution >= 0.6 is 0 Å². The van der Waals surface area contributed by atoms with Gasteiger partial charge in [-0.15, -0.1) is 0 Å². The number of aromatic nitrogens is 1. The molecule has 0 radical (unpaired) electrons. The third kappa shape index (κ3) is 1.86. The van der Waals surface area contributed by atoms with Crippen molar-refractivity contribution in [3.05, 3.63) is 59.9 Å². The van der Waals surface area contributed by atoms with E-state index < -0.39 is 11.6 Å². The van der Waals surface area contributed by atoms with Gasteiger partial charge in [0.1, 0.15) is 5.54 Å². The monoisotopic (exact) mass is 298 g/mol. The van der Waals surface area contributed by atoms with Crippen molar-refractivity contribution in [2.24, 2.45) is 5.41 Å². The molecule has 1 atom stereocenters. The molecule has 0 saturated carbocycles. The van der Waals surface area contributed by atoms with Gasteiger partial charge in [0.25, 0.3) is 0 Å². The lowest BCUT2D eigenvalue weighted by molar-refractivity contribution is 0.00583. The molecule has 3 rings (SSSR count). The van der Waals surface area contributed by atoms with E-state index in [0.717, 1.165) is 11.3 Å². The molecule has 1 aromatic heterocycles. The average Bonchev–Trinajstić information content (AvgIpc) is 2.94. The Morgan fingerprint density at radius 2 is 1.77 bits per heavy atom. The van der Waals surface area contributed by atoms with Gasteiger partial charge in [0.15, 0.2) is 0 Å². The lowest BCUT2D eigenvalue weighted by atomic mass is 9.65. The highest BCUT2D eigenvalue weighted by Gasteiger charge is 2.54. The molecule has 2 aromatic rings. The number of carboxylic acid groups (broad SMARTS) is 1. The highest BCUT2D eigenvalue weighted by Crippen LogP contribution is 2.51. The van der Waals surface area contributed by atoms with Crippen LogP contribution in [0.15, 0.2) is 48.7 Å². The summed E-state index contributed by atoms with van der Waals surface area (Å²) >= 11 is 0. The fourth-order valence-corrected chi connectivity index (χ4v) is 3.90. The summed E-state index contributed by atoms with van der Waals surface area (Å²) in [5.41, 5.74) is 1.08. The minimum absolute atomic E-state index is 0.288. The molecule has 1 N–H and O–H groups in total. The topological polar surface area (TPSA) is 45.5 Å². The van der Waals surface area contributed by atoms with Crippen molar-refractivity contribution >= 4 is 6.09 Å². The zero-order valence-corrected chi connectivity index (χ0v) is 13.3. The van der Waals surface area contributed by atoms with E-state index in [1.807, 2.05) is 48.7 Å². The maximum atomic E-state index is 12.0. The van der Waals surface area contributed by atoms with Crippen molar-refractivity contribution in [1.82, 2.24) is 9.47 Å². The predicted molar refractivity (Wildman–Crippen MR) is 85.8 cm³/mol. The molecule has 1 unspecified atom stereocenters. The summed E-state index contributed by atoms with van der Waals surface area (Å²) in [6.45, 7) is 7.51. The zero-order valence-electron chi connectivity index (χ0n) is 13.3. The largest absolute Gasteiger partial charge is 0.465 e. The van der Waals surface area contributed by atoms with Crippen LogP contribution in [-0.4, -0.2) is 27.2 Å². The number of nitrogens with zero attached hydrogens (tertiary/aromatic N) is 2. The van der Waals surface area contributed by atoms with Gasteiger partial charge in [-0.2, -0.15) is 0 Å². The summed E-state index contributed by atoms with van der Waals surface area (Å²) in [4.78, 5) is 13.6. The Balaban J connectivity index is 2.37. The smallest absolute Gasteiger partial charge is 0.408 e. The van der Waals surface area contributed by atoms with E-state index >= 15 is 0 Å². The first-order valence-corrected chi connectivity index (χ1v) is 7.61. The van der Waals surface area contributed by atoms with Crippen molar-refractivity contribution in [2.75, 3.05) is 6.54 Å². The van der Waals surface area contributed by atoms with Gasteiger partial charge in [-0.1, -0.05) is 51.1 Å². The zero-order chi connectivity index (χ0) is 16.0. The summed E-state index contributed by atoms with van der Waals surface area (Å²) in [5.74, 6) is 0. The first kappa shape index (κ1) is 14.7. The van der Waals surface area contributed by atoms with Crippen molar-refractivity contribution in [1.29, 1.82) is 0 Å². The molecule has 0 spiro atoms. The lowest BCUT2D eigenvalue weighted by Gasteiger charge is -2.54. The van der Waals surface area contributed by atoms with E-state index in [1.54, 1.807) is 4.90 Å². The van der Waals surface area contributed by atoms with E-state index in [9.17, 15) is 9.90 Å². The molecule has 0 saturated heterocycles. The molecule has 1 amide bonds. The number of amides is 1. The Labute approximate surface area is 131 Å². The standard InChI is InChI=1S/C18H22N2O2/c1-17(2,3)18(14-8-5-4-6-9-14)15-10-7-11-19(15)12-13-20(18)16(21)22/h4-11H,12-13H2,1-3H3,(H,21,22). The van der Waals surface area contributed by atoms with E-state index in [1.165, 1.54) is 0 Å². The Morgan fingerprint density at radius 1 is 1.09 bits per heavy atom. The SMILES string of the molecule is CC(C)(C)C1(c2ccccc2)c2cccn2CCN1C(=O)O. The molecule has 4 nitrogen and oxygen atoms in total. The van der Waals surface area contributed by atoms with Gasteiger partial charge in [0.2, 0.25) is 0 Å². The molecule has 22 heavy (non-hydrogen) atoms. The van der Waals surface area contributed by atoms with Crippen molar-refractivity contribution < 1.29 is 9.90 Å². The number of hydrogen-bond donors (Lipinski definition) is 1. The van der Waals surface area contributed by atoms with Crippen molar-refractivity contribution in [3.8, 4) is 0 Å². The van der Waals surface area contributed by atoms with Crippen LogP contribution in [-0.2, 0) is 12.1 Å². The Kier molecular flexibility index (Phi) is 3.28. The van der Waals surface area contributed by atoms with Gasteiger partial charge < -0.3 is 9.67 Å². The summed E-state index contributed by atoms with van der Waals surface area (Å²) < 4.78 is 2.18. The lowest BCUT2D eigenvalue weighted by Crippen LogP contribution is -2.61. The molecule has 4 heteroatoms. The van der Waals surface area contributed by atoms with Crippen molar-refractivity contribution in [2.45, 2.75) is 32.9 Å². The Bertz CT molecular complexity index is 685. The highest BCUT2D eigenvalue weighted by molar-refractivity contribution is 5.69. The van der Waals surface area contributed by atoms with Gasteiger partial charge in [0.05, 0.1) is 0 Å². The van der Waals surface area contributed by atoms with Crippen LogP contribution in [0.2, 0.25) is 0 Å². The highest BCUT2D eigenvalue weighted by atomic mass is 16.4. The Morgan fingerprint density at radius 3 is 2.36 bits per heavy atom. The van der Waals surface area contributed by atoms with Crippen LogP contribution < -0.4 is 0 Å². The van der Waals surface area contributed by atoms with Crippen LogP contribution in [0.3, 0.4) is 0 Å². The van der Waals surface area contributed by atoms with Crippen LogP contribution in [0, 0.1) is 5.41 Å². The first-order chi connectivity index (χ1) is 10.4. The Hall–Kier alpha value is -2.23. The maximum Gasteiger partial charge on any atom is 0.408 e. The normalized spacial score (nSPS) is 21.5. The van der Waals surface area contributed by atoms with E-state index in [2.05, 4.69) is 25.3 Å². The molecule has 2 heterocycles. The number of rotatable bonds is 1. The second-order valence-electron chi connectivity index (χ2n) is 6.85. The average molecular weight is 298 g/mol. The van der Waals surface area contributed by atoms with Crippen LogP contribution in [0.5, 0.6) is 0 Å². The number of benzene rings is 1. The van der Waals surface area contributed by atoms with Crippen LogP contribution in [0.1, 0.15) is 32.0 Å². The van der Waals surface area contributed by atoms with E-state index in [4.69, 9.17) is 0 Å². The number of fused-ring (bicyclic) bond motifs is 1. The minimum Gasteiger partial charge on any atom is -0.465 e. The molecule has 0 bridgehead atoms. The van der Waals surface area contributed by atoms with Gasteiger partial charge in [-0.3, -0.25) is 4.90 Å². The van der Waals surface area contributed by atoms with Crippen LogP contribution in [0.4, 0.5) is 4.79 Å². The van der Waals surface area contributed by atoms with E-state index in [-0.39, 0.29) is 5.41 Å². The second kappa shape index (κ2) is 4.90. The van der Waals surface area contributed by atoms with Crippen molar-refractivity contribution in [3.63, 3.8) is 0 Å². The fourth-order valence-electron chi connectivity index (χ4n) is 3.90. The summed E-state index contributed by atoms with van der Waals surface area (Å²) in [7, 11) is 0. The molecule has 1 aliphatic heterocycles. The summed E-state index contributed by atoms with van der Waals surface area (Å²) in [5, 5.41) is 9.88. The van der Waals surface area contributed by atoms with Gasteiger partial charge in [-0.25, -0.2) is 4.79 Å². The third-order valence-electron chi connectivity index (χ3n) is 4.68. The van der Waals surface area contributed by atoms with Crippen LogP contribution in [0.25, 0.3) is 0 Å². The fraction of sp³-hybridized carbons (Fsp3) is 0.389. The summed E-state index contributed by atoms with van der Waals surface area (Å²) in [6.07, 6.45) is 1.17. The molecule has 0 aliphatic carbocycles. The van der Waals surface area contributed by atoms with Gasteiger partial charge in [0, 0.05) is 25.0 Å². The minimum atomic E-state index is -0.869. The molecule has 116 valence electrons. The molecule has 1 aromatic carbocycles. The molecular formula is C18H22N2O2. The number of carbonyl (C=O) groups is 1. The number of hydrogen-bond acceptors (Lipinski definition) is 1. The molecular weight excluding hydrogens is 276 g/mol. The van der Waals surface area contributed by atoms with Gasteiger partial charge in [-0.05, 0) is 23.1 Å². The predicted octanol–water partition coefficient (Wildman–Crippen LogP) is 3.77. The summed E-state index contributed by atoms with van der Waals surface area (Å²) in [6, 6.07) is 14.0.